The summed E-state index contributed by atoms with van der Waals surface area (Å²) in [5.74, 6) is 0. The van der Waals surface area contributed by atoms with Crippen LogP contribution in [0.1, 0.15) is 31.8 Å². The van der Waals surface area contributed by atoms with Crippen LogP contribution in [0.3, 0.4) is 0 Å². The molecule has 4 nitrogen and oxygen atoms in total. The van der Waals surface area contributed by atoms with Crippen molar-refractivity contribution in [1.82, 2.24) is 10.3 Å². The fraction of sp³-hybridized carbons (Fsp3) is 0.667. The maximum atomic E-state index is 9.75. The van der Waals surface area contributed by atoms with Crippen LogP contribution in [0.25, 0.3) is 0 Å². The van der Waals surface area contributed by atoms with Crippen LogP contribution in [-0.2, 0) is 0 Å². The molecule has 0 saturated heterocycles. The smallest absolute Gasteiger partial charge is 0.180 e. The Morgan fingerprint density at radius 2 is 2.29 bits per heavy atom. The maximum absolute atomic E-state index is 9.75. The van der Waals surface area contributed by atoms with Crippen molar-refractivity contribution in [1.29, 1.82) is 0 Å². The number of aromatic nitrogens is 1. The zero-order valence-corrected chi connectivity index (χ0v) is 9.56. The Kier molecular flexibility index (Phi) is 3.47. The second-order valence-electron chi connectivity index (χ2n) is 4.25. The third kappa shape index (κ3) is 3.61. The first-order chi connectivity index (χ1) is 6.38. The van der Waals surface area contributed by atoms with Crippen LogP contribution in [0.4, 0.5) is 5.13 Å². The minimum Gasteiger partial charge on any atom is -0.386 e. The number of nitrogens with one attached hydrogen (secondary N) is 1. The molecule has 5 heteroatoms. The lowest BCUT2D eigenvalue weighted by molar-refractivity contribution is 0.166. The monoisotopic (exact) mass is 215 g/mol. The Labute approximate surface area is 88.2 Å². The van der Waals surface area contributed by atoms with E-state index in [1.807, 2.05) is 0 Å². The van der Waals surface area contributed by atoms with Crippen LogP contribution >= 0.6 is 11.3 Å². The van der Waals surface area contributed by atoms with Crippen LogP contribution < -0.4 is 11.1 Å². The predicted molar refractivity (Wildman–Crippen MR) is 59.2 cm³/mol. The quantitative estimate of drug-likeness (QED) is 0.707. The molecule has 0 aliphatic carbocycles. The highest BCUT2D eigenvalue weighted by molar-refractivity contribution is 7.15. The molecule has 0 aromatic carbocycles. The van der Waals surface area contributed by atoms with Crippen molar-refractivity contribution < 1.29 is 5.11 Å². The Hall–Kier alpha value is -0.650. The molecule has 1 atom stereocenters. The Morgan fingerprint density at radius 1 is 1.64 bits per heavy atom. The summed E-state index contributed by atoms with van der Waals surface area (Å²) in [6.07, 6.45) is 1.10. The van der Waals surface area contributed by atoms with E-state index in [4.69, 9.17) is 5.73 Å². The van der Waals surface area contributed by atoms with Gasteiger partial charge < -0.3 is 16.2 Å². The van der Waals surface area contributed by atoms with E-state index >= 15 is 0 Å². The molecule has 0 aliphatic rings. The topological polar surface area (TPSA) is 71.2 Å². The normalized spacial score (nSPS) is 14.3. The summed E-state index contributed by atoms with van der Waals surface area (Å²) in [6.45, 7) is 6.69. The molecule has 0 amide bonds. The second kappa shape index (κ2) is 4.25. The number of thiazole rings is 1. The standard InChI is InChI=1S/C9H17N3OS/c1-9(2,3)12-4-6(13)7-5-11-8(10)14-7/h5-6,12-13H,4H2,1-3H3,(H2,10,11)/t6-/m0/s1. The number of hydrogen-bond acceptors (Lipinski definition) is 5. The number of anilines is 1. The second-order valence-corrected chi connectivity index (χ2v) is 5.34. The SMILES string of the molecule is CC(C)(C)NC[C@H](O)c1cnc(N)s1. The third-order valence-electron chi connectivity index (χ3n) is 1.70. The lowest BCUT2D eigenvalue weighted by atomic mass is 10.1. The number of nitrogens with zero attached hydrogens (tertiary/aromatic N) is 1. The average Bonchev–Trinajstić information content (AvgIpc) is 2.46. The largest absolute Gasteiger partial charge is 0.386 e. The van der Waals surface area contributed by atoms with Gasteiger partial charge in [0.2, 0.25) is 0 Å². The van der Waals surface area contributed by atoms with E-state index in [9.17, 15) is 5.11 Å². The van der Waals surface area contributed by atoms with Gasteiger partial charge in [-0.25, -0.2) is 4.98 Å². The number of β-amino-alcohol motifs (C(OH)–C–C–N with tert-alkyl or cyclic N) is 1. The highest BCUT2D eigenvalue weighted by atomic mass is 32.1. The Bertz CT molecular complexity index is 292. The van der Waals surface area contributed by atoms with E-state index in [-0.39, 0.29) is 5.54 Å². The fourth-order valence-electron chi connectivity index (χ4n) is 0.958. The van der Waals surface area contributed by atoms with E-state index in [1.54, 1.807) is 6.20 Å². The minimum absolute atomic E-state index is 0.0111. The first kappa shape index (κ1) is 11.4. The summed E-state index contributed by atoms with van der Waals surface area (Å²) >= 11 is 1.32. The van der Waals surface area contributed by atoms with Gasteiger partial charge in [0.25, 0.3) is 0 Å². The molecule has 0 aliphatic heterocycles. The van der Waals surface area contributed by atoms with Gasteiger partial charge in [-0.05, 0) is 20.8 Å². The van der Waals surface area contributed by atoms with E-state index < -0.39 is 6.10 Å². The Morgan fingerprint density at radius 3 is 2.71 bits per heavy atom. The zero-order chi connectivity index (χ0) is 10.8. The van der Waals surface area contributed by atoms with E-state index in [1.165, 1.54) is 11.3 Å². The van der Waals surface area contributed by atoms with Crippen LogP contribution in [0.15, 0.2) is 6.20 Å². The van der Waals surface area contributed by atoms with Gasteiger partial charge in [-0.2, -0.15) is 0 Å². The molecule has 4 N–H and O–H groups in total. The summed E-state index contributed by atoms with van der Waals surface area (Å²) < 4.78 is 0. The fourth-order valence-corrected chi connectivity index (χ4v) is 1.63. The maximum Gasteiger partial charge on any atom is 0.180 e. The van der Waals surface area contributed by atoms with Crippen LogP contribution in [-0.4, -0.2) is 22.2 Å². The molecule has 1 rings (SSSR count). The zero-order valence-electron chi connectivity index (χ0n) is 8.74. The summed E-state index contributed by atoms with van der Waals surface area (Å²) in [7, 11) is 0. The van der Waals surface area contributed by atoms with Gasteiger partial charge in [0.05, 0.1) is 4.88 Å². The van der Waals surface area contributed by atoms with Crippen LogP contribution in [0.5, 0.6) is 0 Å². The molecule has 14 heavy (non-hydrogen) atoms. The summed E-state index contributed by atoms with van der Waals surface area (Å²) in [4.78, 5) is 4.70. The van der Waals surface area contributed by atoms with Gasteiger partial charge in [-0.3, -0.25) is 0 Å². The predicted octanol–water partition coefficient (Wildman–Crippen LogP) is 1.15. The number of nitrogens with two attached hydrogens (primary N) is 1. The number of nitrogen functional groups attached to an aromatic ring is 1. The van der Waals surface area contributed by atoms with E-state index in [0.29, 0.717) is 11.7 Å². The number of hydrogen-bond donors (Lipinski definition) is 3. The number of rotatable bonds is 3. The van der Waals surface area contributed by atoms with Gasteiger partial charge in [0, 0.05) is 18.3 Å². The molecule has 0 unspecified atom stereocenters. The van der Waals surface area contributed by atoms with Crippen molar-refractivity contribution in [3.8, 4) is 0 Å². The number of aliphatic hydroxyl groups excluding tert-OH is 1. The van der Waals surface area contributed by atoms with Crippen molar-refractivity contribution in [2.45, 2.75) is 32.4 Å². The van der Waals surface area contributed by atoms with Gasteiger partial charge in [-0.15, -0.1) is 0 Å². The van der Waals surface area contributed by atoms with Crippen LogP contribution in [0.2, 0.25) is 0 Å². The molecular formula is C9H17N3OS. The van der Waals surface area contributed by atoms with Gasteiger partial charge in [-0.1, -0.05) is 11.3 Å². The highest BCUT2D eigenvalue weighted by Gasteiger charge is 2.15. The molecule has 0 spiro atoms. The van der Waals surface area contributed by atoms with Gasteiger partial charge in [0.15, 0.2) is 5.13 Å². The van der Waals surface area contributed by atoms with Crippen molar-refractivity contribution in [3.63, 3.8) is 0 Å². The molecule has 1 aromatic rings. The lowest BCUT2D eigenvalue weighted by Crippen LogP contribution is -2.38. The minimum atomic E-state index is -0.524. The summed E-state index contributed by atoms with van der Waals surface area (Å²) in [5.41, 5.74) is 5.49. The molecule has 0 fully saturated rings. The molecular weight excluding hydrogens is 198 g/mol. The van der Waals surface area contributed by atoms with E-state index in [2.05, 4.69) is 31.1 Å². The molecule has 0 radical (unpaired) electrons. The molecule has 1 aromatic heterocycles. The first-order valence-electron chi connectivity index (χ1n) is 4.53. The molecule has 80 valence electrons. The van der Waals surface area contributed by atoms with Gasteiger partial charge in [0.1, 0.15) is 6.10 Å². The van der Waals surface area contributed by atoms with Gasteiger partial charge >= 0.3 is 0 Å². The highest BCUT2D eigenvalue weighted by Crippen LogP contribution is 2.21. The van der Waals surface area contributed by atoms with Crippen molar-refractivity contribution in [2.24, 2.45) is 0 Å². The molecule has 0 bridgehead atoms. The number of aliphatic hydroxyl groups is 1. The molecule has 1 heterocycles. The molecule has 0 saturated carbocycles. The third-order valence-corrected chi connectivity index (χ3v) is 2.62. The lowest BCUT2D eigenvalue weighted by Gasteiger charge is -2.22. The summed E-state index contributed by atoms with van der Waals surface area (Å²) in [5, 5.41) is 13.5. The average molecular weight is 215 g/mol. The van der Waals surface area contributed by atoms with E-state index in [0.717, 1.165) is 4.88 Å². The Balaban J connectivity index is 2.47. The van der Waals surface area contributed by atoms with Crippen molar-refractivity contribution >= 4 is 16.5 Å². The van der Waals surface area contributed by atoms with Crippen LogP contribution in [0, 0.1) is 0 Å². The van der Waals surface area contributed by atoms with Crippen molar-refractivity contribution in [3.05, 3.63) is 11.1 Å². The summed E-state index contributed by atoms with van der Waals surface area (Å²) in [6, 6.07) is 0. The van der Waals surface area contributed by atoms with Crippen molar-refractivity contribution in [2.75, 3.05) is 12.3 Å². The first-order valence-corrected chi connectivity index (χ1v) is 5.34.